The Balaban J connectivity index is 1.90. The Morgan fingerprint density at radius 2 is 1.41 bits per heavy atom. The Bertz CT molecular complexity index is 1080. The summed E-state index contributed by atoms with van der Waals surface area (Å²) in [5.74, 6) is -0.961. The lowest BCUT2D eigenvalue weighted by molar-refractivity contribution is 0.0827. The van der Waals surface area contributed by atoms with Crippen molar-refractivity contribution in [3.05, 3.63) is 100 Å². The van der Waals surface area contributed by atoms with Crippen molar-refractivity contribution >= 4 is 34.9 Å². The van der Waals surface area contributed by atoms with Crippen molar-refractivity contribution in [3.8, 4) is 0 Å². The van der Waals surface area contributed by atoms with Crippen LogP contribution < -0.4 is 5.32 Å². The maximum Gasteiger partial charge on any atom is 0.256 e. The van der Waals surface area contributed by atoms with E-state index in [-0.39, 0.29) is 22.8 Å². The van der Waals surface area contributed by atoms with Gasteiger partial charge in [0, 0.05) is 30.9 Å². The molecule has 0 aromatic heterocycles. The van der Waals surface area contributed by atoms with Crippen LogP contribution in [0.25, 0.3) is 0 Å². The summed E-state index contributed by atoms with van der Waals surface area (Å²) in [5, 5.41) is 3.04. The normalized spacial score (nSPS) is 10.3. The SMILES string of the molecule is CN(C)C(=O)c1cc(NC(=O)c2ccccc2C(=O)c2ccccc2)ccc1Cl. The summed E-state index contributed by atoms with van der Waals surface area (Å²) in [7, 11) is 3.24. The van der Waals surface area contributed by atoms with Gasteiger partial charge in [-0.1, -0.05) is 60.1 Å². The van der Waals surface area contributed by atoms with E-state index in [9.17, 15) is 14.4 Å². The first-order chi connectivity index (χ1) is 13.9. The number of hydrogen-bond acceptors (Lipinski definition) is 3. The summed E-state index contributed by atoms with van der Waals surface area (Å²) < 4.78 is 0. The molecule has 0 aliphatic heterocycles. The first-order valence-corrected chi connectivity index (χ1v) is 9.27. The van der Waals surface area contributed by atoms with Gasteiger partial charge in [-0.2, -0.15) is 0 Å². The fourth-order valence-electron chi connectivity index (χ4n) is 2.83. The lowest BCUT2D eigenvalue weighted by Gasteiger charge is -2.14. The molecule has 3 rings (SSSR count). The molecule has 0 aliphatic carbocycles. The third-order valence-electron chi connectivity index (χ3n) is 4.31. The van der Waals surface area contributed by atoms with E-state index in [0.717, 1.165) is 0 Å². The van der Waals surface area contributed by atoms with Crippen molar-refractivity contribution in [3.63, 3.8) is 0 Å². The van der Waals surface area contributed by atoms with Crippen LogP contribution in [0.5, 0.6) is 0 Å². The van der Waals surface area contributed by atoms with Crippen LogP contribution in [0.15, 0.2) is 72.8 Å². The molecule has 146 valence electrons. The van der Waals surface area contributed by atoms with Crippen LogP contribution in [0.3, 0.4) is 0 Å². The minimum absolute atomic E-state index is 0.240. The second-order valence-electron chi connectivity index (χ2n) is 6.59. The van der Waals surface area contributed by atoms with E-state index in [4.69, 9.17) is 11.6 Å². The van der Waals surface area contributed by atoms with Gasteiger partial charge in [0.25, 0.3) is 11.8 Å². The van der Waals surface area contributed by atoms with Crippen LogP contribution in [0.1, 0.15) is 36.6 Å². The molecule has 1 N–H and O–H groups in total. The number of nitrogens with one attached hydrogen (secondary N) is 1. The van der Waals surface area contributed by atoms with Gasteiger partial charge in [-0.15, -0.1) is 0 Å². The van der Waals surface area contributed by atoms with Crippen molar-refractivity contribution in [2.24, 2.45) is 0 Å². The maximum absolute atomic E-state index is 12.9. The number of amides is 2. The first kappa shape index (κ1) is 20.3. The quantitative estimate of drug-likeness (QED) is 0.633. The minimum Gasteiger partial charge on any atom is -0.345 e. The molecule has 0 unspecified atom stereocenters. The fraction of sp³-hybridized carbons (Fsp3) is 0.0870. The first-order valence-electron chi connectivity index (χ1n) is 8.90. The van der Waals surface area contributed by atoms with E-state index >= 15 is 0 Å². The van der Waals surface area contributed by atoms with Gasteiger partial charge in [0.2, 0.25) is 0 Å². The van der Waals surface area contributed by atoms with Crippen molar-refractivity contribution in [2.45, 2.75) is 0 Å². The number of hydrogen-bond donors (Lipinski definition) is 1. The fourth-order valence-corrected chi connectivity index (χ4v) is 3.03. The van der Waals surface area contributed by atoms with E-state index < -0.39 is 5.91 Å². The van der Waals surface area contributed by atoms with Gasteiger partial charge in [-0.25, -0.2) is 0 Å². The van der Waals surface area contributed by atoms with E-state index in [1.54, 1.807) is 74.8 Å². The molecule has 0 heterocycles. The molecule has 0 spiro atoms. The Kier molecular flexibility index (Phi) is 6.10. The Hall–Kier alpha value is -3.44. The van der Waals surface area contributed by atoms with Crippen molar-refractivity contribution in [1.29, 1.82) is 0 Å². The zero-order valence-corrected chi connectivity index (χ0v) is 16.7. The van der Waals surface area contributed by atoms with Crippen LogP contribution in [-0.2, 0) is 0 Å². The molecule has 6 heteroatoms. The molecule has 29 heavy (non-hydrogen) atoms. The van der Waals surface area contributed by atoms with Gasteiger partial charge >= 0.3 is 0 Å². The van der Waals surface area contributed by atoms with Gasteiger partial charge in [-0.3, -0.25) is 14.4 Å². The summed E-state index contributed by atoms with van der Waals surface area (Å²) in [5.41, 5.74) is 1.74. The minimum atomic E-state index is -0.449. The summed E-state index contributed by atoms with van der Waals surface area (Å²) >= 11 is 6.12. The largest absolute Gasteiger partial charge is 0.345 e. The molecule has 0 radical (unpaired) electrons. The summed E-state index contributed by atoms with van der Waals surface area (Å²) in [6.07, 6.45) is 0. The summed E-state index contributed by atoms with van der Waals surface area (Å²) in [6, 6.07) is 20.1. The smallest absolute Gasteiger partial charge is 0.256 e. The highest BCUT2D eigenvalue weighted by molar-refractivity contribution is 6.34. The van der Waals surface area contributed by atoms with Gasteiger partial charge in [0.15, 0.2) is 5.78 Å². The van der Waals surface area contributed by atoms with E-state index in [1.807, 2.05) is 6.07 Å². The number of carbonyl (C=O) groups is 3. The number of nitrogens with zero attached hydrogens (tertiary/aromatic N) is 1. The Morgan fingerprint density at radius 1 is 0.793 bits per heavy atom. The molecule has 0 bridgehead atoms. The molecule has 0 fully saturated rings. The van der Waals surface area contributed by atoms with Gasteiger partial charge in [0.1, 0.15) is 0 Å². The standard InChI is InChI=1S/C23H19ClN2O3/c1-26(2)23(29)19-14-16(12-13-20(19)24)25-22(28)18-11-7-6-10-17(18)21(27)15-8-4-3-5-9-15/h3-14H,1-2H3,(H,25,28). The van der Waals surface area contributed by atoms with Gasteiger partial charge in [-0.05, 0) is 24.3 Å². The van der Waals surface area contributed by atoms with E-state index in [2.05, 4.69) is 5.32 Å². The molecule has 0 atom stereocenters. The zero-order valence-electron chi connectivity index (χ0n) is 16.0. The molecular weight excluding hydrogens is 388 g/mol. The Labute approximate surface area is 173 Å². The van der Waals surface area contributed by atoms with E-state index in [1.165, 1.54) is 11.0 Å². The van der Waals surface area contributed by atoms with Crippen LogP contribution in [0, 0.1) is 0 Å². The van der Waals surface area contributed by atoms with Crippen molar-refractivity contribution in [2.75, 3.05) is 19.4 Å². The molecule has 0 aliphatic rings. The van der Waals surface area contributed by atoms with Crippen LogP contribution in [-0.4, -0.2) is 36.6 Å². The van der Waals surface area contributed by atoms with E-state index in [0.29, 0.717) is 21.8 Å². The zero-order chi connectivity index (χ0) is 21.0. The lowest BCUT2D eigenvalue weighted by Crippen LogP contribution is -2.22. The van der Waals surface area contributed by atoms with Crippen LogP contribution >= 0.6 is 11.6 Å². The molecule has 2 amide bonds. The maximum atomic E-state index is 12.9. The third-order valence-corrected chi connectivity index (χ3v) is 4.64. The Morgan fingerprint density at radius 3 is 2.07 bits per heavy atom. The average Bonchev–Trinajstić information content (AvgIpc) is 2.74. The molecule has 3 aromatic carbocycles. The molecule has 3 aromatic rings. The molecule has 0 saturated carbocycles. The highest BCUT2D eigenvalue weighted by Crippen LogP contribution is 2.23. The number of carbonyl (C=O) groups excluding carboxylic acids is 3. The lowest BCUT2D eigenvalue weighted by atomic mass is 9.98. The highest BCUT2D eigenvalue weighted by Gasteiger charge is 2.19. The number of halogens is 1. The predicted molar refractivity (Wildman–Crippen MR) is 114 cm³/mol. The predicted octanol–water partition coefficient (Wildman–Crippen LogP) is 4.53. The van der Waals surface area contributed by atoms with Crippen molar-refractivity contribution in [1.82, 2.24) is 4.90 Å². The molecule has 5 nitrogen and oxygen atoms in total. The van der Waals surface area contributed by atoms with Crippen LogP contribution in [0.4, 0.5) is 5.69 Å². The topological polar surface area (TPSA) is 66.5 Å². The van der Waals surface area contributed by atoms with Gasteiger partial charge in [0.05, 0.1) is 16.1 Å². The summed E-state index contributed by atoms with van der Waals surface area (Å²) in [4.78, 5) is 39.4. The number of benzene rings is 3. The highest BCUT2D eigenvalue weighted by atomic mass is 35.5. The average molecular weight is 407 g/mol. The second-order valence-corrected chi connectivity index (χ2v) is 7.00. The summed E-state index contributed by atoms with van der Waals surface area (Å²) in [6.45, 7) is 0. The van der Waals surface area contributed by atoms with Crippen molar-refractivity contribution < 1.29 is 14.4 Å². The molecular formula is C23H19ClN2O3. The molecule has 0 saturated heterocycles. The number of rotatable bonds is 5. The number of ketones is 1. The van der Waals surface area contributed by atoms with Gasteiger partial charge < -0.3 is 10.2 Å². The monoisotopic (exact) mass is 406 g/mol. The van der Waals surface area contributed by atoms with Crippen LogP contribution in [0.2, 0.25) is 5.02 Å². The third kappa shape index (κ3) is 4.52. The second kappa shape index (κ2) is 8.71. The number of anilines is 1.